The quantitative estimate of drug-likeness (QED) is 0.888. The Hall–Kier alpha value is -1.20. The fourth-order valence-corrected chi connectivity index (χ4v) is 2.53. The van der Waals surface area contributed by atoms with Crippen LogP contribution in [0, 0.1) is 0 Å². The molecule has 1 unspecified atom stereocenters. The number of rotatable bonds is 6. The summed E-state index contributed by atoms with van der Waals surface area (Å²) >= 11 is 3.54. The Morgan fingerprint density at radius 1 is 1.42 bits per heavy atom. The van der Waals surface area contributed by atoms with E-state index in [9.17, 15) is 0 Å². The molecule has 4 nitrogen and oxygen atoms in total. The van der Waals surface area contributed by atoms with E-state index < -0.39 is 0 Å². The molecule has 0 bridgehead atoms. The number of aryl methyl sites for hydroxylation is 1. The summed E-state index contributed by atoms with van der Waals surface area (Å²) in [7, 11) is 1.94. The molecule has 2 rings (SSSR count). The van der Waals surface area contributed by atoms with Crippen molar-refractivity contribution in [1.82, 2.24) is 20.1 Å². The minimum atomic E-state index is 0.403. The number of halogens is 1. The van der Waals surface area contributed by atoms with Gasteiger partial charge >= 0.3 is 0 Å². The Morgan fingerprint density at radius 2 is 2.26 bits per heavy atom. The van der Waals surface area contributed by atoms with Crippen LogP contribution in [-0.2, 0) is 13.5 Å². The fourth-order valence-electron chi connectivity index (χ4n) is 2.11. The first-order valence-electron chi connectivity index (χ1n) is 6.49. The predicted molar refractivity (Wildman–Crippen MR) is 80.1 cm³/mol. The van der Waals surface area contributed by atoms with Crippen LogP contribution < -0.4 is 5.32 Å². The van der Waals surface area contributed by atoms with Crippen molar-refractivity contribution in [2.24, 2.45) is 7.05 Å². The van der Waals surface area contributed by atoms with E-state index >= 15 is 0 Å². The minimum Gasteiger partial charge on any atom is -0.316 e. The molecule has 0 aliphatic heterocycles. The van der Waals surface area contributed by atoms with Crippen LogP contribution in [0.15, 0.2) is 35.1 Å². The number of hydrogen-bond acceptors (Lipinski definition) is 3. The van der Waals surface area contributed by atoms with E-state index in [1.165, 1.54) is 5.56 Å². The van der Waals surface area contributed by atoms with Crippen molar-refractivity contribution in [1.29, 1.82) is 0 Å². The fraction of sp³-hybridized carbons (Fsp3) is 0.429. The van der Waals surface area contributed by atoms with Crippen molar-refractivity contribution >= 4 is 15.9 Å². The van der Waals surface area contributed by atoms with Gasteiger partial charge in [-0.05, 0) is 24.2 Å². The van der Waals surface area contributed by atoms with Crippen LogP contribution >= 0.6 is 15.9 Å². The molecule has 1 heterocycles. The summed E-state index contributed by atoms with van der Waals surface area (Å²) in [4.78, 5) is 4.32. The van der Waals surface area contributed by atoms with Crippen LogP contribution in [0.2, 0.25) is 0 Å². The lowest BCUT2D eigenvalue weighted by molar-refractivity contribution is 0.563. The molecule has 0 radical (unpaired) electrons. The summed E-state index contributed by atoms with van der Waals surface area (Å²) in [6, 6.07) is 8.48. The average molecular weight is 323 g/mol. The van der Waals surface area contributed by atoms with E-state index in [4.69, 9.17) is 0 Å². The van der Waals surface area contributed by atoms with Gasteiger partial charge < -0.3 is 5.32 Å². The zero-order valence-electron chi connectivity index (χ0n) is 11.3. The number of aromatic nitrogens is 3. The SMILES string of the molecule is CCNCC(Cc1ncnn1C)c1cccc(Br)c1. The Labute approximate surface area is 122 Å². The smallest absolute Gasteiger partial charge is 0.138 e. The van der Waals surface area contributed by atoms with Crippen molar-refractivity contribution in [3.63, 3.8) is 0 Å². The molecule has 1 aromatic carbocycles. The number of hydrogen-bond donors (Lipinski definition) is 1. The van der Waals surface area contributed by atoms with Gasteiger partial charge in [0.1, 0.15) is 12.2 Å². The summed E-state index contributed by atoms with van der Waals surface area (Å²) in [6.45, 7) is 4.05. The van der Waals surface area contributed by atoms with Gasteiger partial charge in [-0.25, -0.2) is 4.98 Å². The van der Waals surface area contributed by atoms with Gasteiger partial charge in [0.15, 0.2) is 0 Å². The lowest BCUT2D eigenvalue weighted by Crippen LogP contribution is -2.23. The van der Waals surface area contributed by atoms with Crippen LogP contribution in [0.3, 0.4) is 0 Å². The lowest BCUT2D eigenvalue weighted by Gasteiger charge is -2.17. The summed E-state index contributed by atoms with van der Waals surface area (Å²) in [6.07, 6.45) is 2.50. The first-order chi connectivity index (χ1) is 9.20. The van der Waals surface area contributed by atoms with E-state index in [-0.39, 0.29) is 0 Å². The first-order valence-corrected chi connectivity index (χ1v) is 7.29. The molecule has 0 saturated carbocycles. The second-order valence-corrected chi connectivity index (χ2v) is 5.48. The van der Waals surface area contributed by atoms with Gasteiger partial charge in [-0.1, -0.05) is 35.0 Å². The molecule has 1 atom stereocenters. The normalized spacial score (nSPS) is 12.6. The zero-order chi connectivity index (χ0) is 13.7. The first kappa shape index (κ1) is 14.2. The number of nitrogens with zero attached hydrogens (tertiary/aromatic N) is 3. The highest BCUT2D eigenvalue weighted by Crippen LogP contribution is 2.22. The van der Waals surface area contributed by atoms with Gasteiger partial charge in [-0.15, -0.1) is 0 Å². The largest absolute Gasteiger partial charge is 0.316 e. The second kappa shape index (κ2) is 6.82. The van der Waals surface area contributed by atoms with Crippen molar-refractivity contribution < 1.29 is 0 Å². The maximum atomic E-state index is 4.32. The summed E-state index contributed by atoms with van der Waals surface area (Å²) in [5, 5.41) is 7.56. The van der Waals surface area contributed by atoms with Crippen LogP contribution in [0.5, 0.6) is 0 Å². The van der Waals surface area contributed by atoms with Crippen LogP contribution in [0.1, 0.15) is 24.2 Å². The maximum absolute atomic E-state index is 4.32. The third kappa shape index (κ3) is 3.88. The third-order valence-electron chi connectivity index (χ3n) is 3.19. The van der Waals surface area contributed by atoms with E-state index in [0.717, 1.165) is 29.8 Å². The molecule has 2 aromatic rings. The van der Waals surface area contributed by atoms with Gasteiger partial charge in [0, 0.05) is 30.4 Å². The van der Waals surface area contributed by atoms with Crippen molar-refractivity contribution in [3.8, 4) is 0 Å². The van der Waals surface area contributed by atoms with E-state index in [2.05, 4.69) is 62.5 Å². The molecule has 0 aliphatic rings. The molecule has 19 heavy (non-hydrogen) atoms. The van der Waals surface area contributed by atoms with Crippen molar-refractivity contribution in [3.05, 3.63) is 46.5 Å². The zero-order valence-corrected chi connectivity index (χ0v) is 12.9. The van der Waals surface area contributed by atoms with Crippen LogP contribution in [0.4, 0.5) is 0 Å². The summed E-state index contributed by atoms with van der Waals surface area (Å²) in [5.74, 6) is 1.42. The molecule has 0 spiro atoms. The lowest BCUT2D eigenvalue weighted by atomic mass is 9.95. The molecule has 0 aliphatic carbocycles. The van der Waals surface area contributed by atoms with E-state index in [1.807, 2.05) is 11.7 Å². The maximum Gasteiger partial charge on any atom is 0.138 e. The standard InChI is InChI=1S/C14H19BrN4/c1-3-16-9-12(8-14-17-10-18-19(14)2)11-5-4-6-13(15)7-11/h4-7,10,12,16H,3,8-9H2,1-2H3. The third-order valence-corrected chi connectivity index (χ3v) is 3.69. The van der Waals surface area contributed by atoms with Crippen LogP contribution in [0.25, 0.3) is 0 Å². The molecular weight excluding hydrogens is 304 g/mol. The molecular formula is C14H19BrN4. The molecule has 1 N–H and O–H groups in total. The highest BCUT2D eigenvalue weighted by atomic mass is 79.9. The topological polar surface area (TPSA) is 42.7 Å². The Morgan fingerprint density at radius 3 is 2.89 bits per heavy atom. The average Bonchev–Trinajstić information content (AvgIpc) is 2.80. The monoisotopic (exact) mass is 322 g/mol. The number of nitrogens with one attached hydrogen (secondary N) is 1. The minimum absolute atomic E-state index is 0.403. The van der Waals surface area contributed by atoms with Gasteiger partial charge in [-0.2, -0.15) is 5.10 Å². The summed E-state index contributed by atoms with van der Waals surface area (Å²) < 4.78 is 2.96. The highest BCUT2D eigenvalue weighted by Gasteiger charge is 2.15. The van der Waals surface area contributed by atoms with Crippen molar-refractivity contribution in [2.75, 3.05) is 13.1 Å². The molecule has 1 aromatic heterocycles. The highest BCUT2D eigenvalue weighted by molar-refractivity contribution is 9.10. The van der Waals surface area contributed by atoms with E-state index in [1.54, 1.807) is 6.33 Å². The molecule has 0 saturated heterocycles. The Bertz CT molecular complexity index is 524. The molecule has 0 fully saturated rings. The predicted octanol–water partition coefficient (Wildman–Crippen LogP) is 2.51. The molecule has 0 amide bonds. The van der Waals surface area contributed by atoms with E-state index in [0.29, 0.717) is 5.92 Å². The molecule has 5 heteroatoms. The van der Waals surface area contributed by atoms with Gasteiger partial charge in [-0.3, -0.25) is 4.68 Å². The van der Waals surface area contributed by atoms with Gasteiger partial charge in [0.25, 0.3) is 0 Å². The van der Waals surface area contributed by atoms with Gasteiger partial charge in [0.2, 0.25) is 0 Å². The Kier molecular flexibility index (Phi) is 5.10. The number of benzene rings is 1. The molecule has 102 valence electrons. The Balaban J connectivity index is 2.18. The van der Waals surface area contributed by atoms with Gasteiger partial charge in [0.05, 0.1) is 0 Å². The number of likely N-dealkylation sites (N-methyl/N-ethyl adjacent to an activating group) is 1. The summed E-state index contributed by atoms with van der Waals surface area (Å²) in [5.41, 5.74) is 1.32. The second-order valence-electron chi connectivity index (χ2n) is 4.56. The van der Waals surface area contributed by atoms with Crippen molar-refractivity contribution in [2.45, 2.75) is 19.3 Å². The van der Waals surface area contributed by atoms with Crippen LogP contribution in [-0.4, -0.2) is 27.9 Å².